The van der Waals surface area contributed by atoms with Crippen LogP contribution in [0.25, 0.3) is 0 Å². The van der Waals surface area contributed by atoms with Crippen molar-refractivity contribution < 1.29 is 4.79 Å². The zero-order valence-corrected chi connectivity index (χ0v) is 11.5. The highest BCUT2D eigenvalue weighted by atomic mass is 32.2. The average molecular weight is 267 g/mol. The predicted octanol–water partition coefficient (Wildman–Crippen LogP) is 1.23. The van der Waals surface area contributed by atoms with E-state index in [0.29, 0.717) is 0 Å². The first-order valence-electron chi connectivity index (χ1n) is 6.04. The second-order valence-electron chi connectivity index (χ2n) is 4.31. The Labute approximate surface area is 112 Å². The van der Waals surface area contributed by atoms with E-state index >= 15 is 0 Å². The molecule has 0 radical (unpaired) electrons. The summed E-state index contributed by atoms with van der Waals surface area (Å²) in [6.07, 6.45) is 0.955. The Morgan fingerprint density at radius 2 is 2.06 bits per heavy atom. The number of nitrogens with one attached hydrogen (secondary N) is 1. The summed E-state index contributed by atoms with van der Waals surface area (Å²) < 4.78 is 0. The number of carbonyl (C=O) groups is 1. The topological polar surface area (TPSA) is 81.1 Å². The lowest BCUT2D eigenvalue weighted by Crippen LogP contribution is -2.35. The molecule has 100 valence electrons. The van der Waals surface area contributed by atoms with E-state index in [-0.39, 0.29) is 17.9 Å². The molecule has 0 aliphatic rings. The van der Waals surface area contributed by atoms with Crippen molar-refractivity contribution in [2.45, 2.75) is 25.3 Å². The predicted molar refractivity (Wildman–Crippen MR) is 77.1 cm³/mol. The van der Waals surface area contributed by atoms with Crippen LogP contribution >= 0.6 is 11.8 Å². The summed E-state index contributed by atoms with van der Waals surface area (Å²) in [6, 6.07) is 9.90. The van der Waals surface area contributed by atoms with Crippen LogP contribution in [0.4, 0.5) is 0 Å². The van der Waals surface area contributed by atoms with Crippen molar-refractivity contribution in [1.29, 1.82) is 0 Å². The van der Waals surface area contributed by atoms with Crippen LogP contribution in [-0.2, 0) is 4.79 Å². The SMILES string of the molecule is CC(N)CCSCC(C(=O)NN)c1ccccc1. The number of nitrogens with two attached hydrogens (primary N) is 2. The van der Waals surface area contributed by atoms with Gasteiger partial charge in [0, 0.05) is 11.8 Å². The normalized spacial score (nSPS) is 13.9. The van der Waals surface area contributed by atoms with Gasteiger partial charge in [-0.3, -0.25) is 10.2 Å². The third-order valence-electron chi connectivity index (χ3n) is 2.66. The van der Waals surface area contributed by atoms with Gasteiger partial charge in [0.05, 0.1) is 5.92 Å². The second-order valence-corrected chi connectivity index (χ2v) is 5.46. The van der Waals surface area contributed by atoms with Gasteiger partial charge in [-0.1, -0.05) is 30.3 Å². The average Bonchev–Trinajstić information content (AvgIpc) is 2.38. The Morgan fingerprint density at radius 1 is 1.39 bits per heavy atom. The lowest BCUT2D eigenvalue weighted by molar-refractivity contribution is -0.122. The van der Waals surface area contributed by atoms with E-state index in [1.165, 1.54) is 0 Å². The van der Waals surface area contributed by atoms with Crippen molar-refractivity contribution in [3.05, 3.63) is 35.9 Å². The summed E-state index contributed by atoms with van der Waals surface area (Å²) >= 11 is 1.73. The summed E-state index contributed by atoms with van der Waals surface area (Å²) in [5, 5.41) is 0. The van der Waals surface area contributed by atoms with Gasteiger partial charge < -0.3 is 5.73 Å². The maximum Gasteiger partial charge on any atom is 0.242 e. The number of hydrogen-bond donors (Lipinski definition) is 3. The molecular weight excluding hydrogens is 246 g/mol. The molecule has 0 saturated carbocycles. The number of thioether (sulfide) groups is 1. The maximum atomic E-state index is 11.8. The summed E-state index contributed by atoms with van der Waals surface area (Å²) in [5.74, 6) is 6.57. The fourth-order valence-electron chi connectivity index (χ4n) is 1.58. The molecule has 1 amide bonds. The van der Waals surface area contributed by atoms with E-state index in [1.54, 1.807) is 11.8 Å². The summed E-state index contributed by atoms with van der Waals surface area (Å²) in [4.78, 5) is 11.8. The van der Waals surface area contributed by atoms with Crippen molar-refractivity contribution in [1.82, 2.24) is 5.43 Å². The maximum absolute atomic E-state index is 11.8. The molecule has 1 rings (SSSR count). The van der Waals surface area contributed by atoms with Crippen molar-refractivity contribution in [2.24, 2.45) is 11.6 Å². The summed E-state index contributed by atoms with van der Waals surface area (Å²) in [6.45, 7) is 1.99. The Morgan fingerprint density at radius 3 is 2.61 bits per heavy atom. The molecule has 5 N–H and O–H groups in total. The van der Waals surface area contributed by atoms with E-state index in [0.717, 1.165) is 23.5 Å². The van der Waals surface area contributed by atoms with Crippen LogP contribution in [0.1, 0.15) is 24.8 Å². The second kappa shape index (κ2) is 8.13. The van der Waals surface area contributed by atoms with E-state index < -0.39 is 0 Å². The van der Waals surface area contributed by atoms with Gasteiger partial charge >= 0.3 is 0 Å². The molecule has 0 spiro atoms. The minimum Gasteiger partial charge on any atom is -0.328 e. The Hall–Kier alpha value is -1.04. The Kier molecular flexibility index (Phi) is 6.78. The molecule has 0 aliphatic heterocycles. The fourth-order valence-corrected chi connectivity index (χ4v) is 2.86. The molecule has 0 aliphatic carbocycles. The van der Waals surface area contributed by atoms with Gasteiger partial charge in [-0.05, 0) is 24.7 Å². The minimum atomic E-state index is -0.200. The molecule has 4 nitrogen and oxygen atoms in total. The number of carbonyl (C=O) groups excluding carboxylic acids is 1. The van der Waals surface area contributed by atoms with Crippen LogP contribution < -0.4 is 17.0 Å². The quantitative estimate of drug-likeness (QED) is 0.300. The number of hydrogen-bond acceptors (Lipinski definition) is 4. The molecule has 0 fully saturated rings. The lowest BCUT2D eigenvalue weighted by Gasteiger charge is -2.15. The monoisotopic (exact) mass is 267 g/mol. The van der Waals surface area contributed by atoms with Gasteiger partial charge in [0.2, 0.25) is 5.91 Å². The molecule has 0 bridgehead atoms. The van der Waals surface area contributed by atoms with Crippen molar-refractivity contribution >= 4 is 17.7 Å². The number of rotatable bonds is 7. The lowest BCUT2D eigenvalue weighted by atomic mass is 10.0. The van der Waals surface area contributed by atoms with E-state index in [1.807, 2.05) is 37.3 Å². The minimum absolute atomic E-state index is 0.144. The molecule has 1 aromatic carbocycles. The molecule has 2 atom stereocenters. The Balaban J connectivity index is 2.55. The van der Waals surface area contributed by atoms with Gasteiger partial charge in [0.15, 0.2) is 0 Å². The molecule has 1 aromatic rings. The van der Waals surface area contributed by atoms with Crippen LogP contribution in [-0.4, -0.2) is 23.5 Å². The van der Waals surface area contributed by atoms with Crippen molar-refractivity contribution in [2.75, 3.05) is 11.5 Å². The molecule has 18 heavy (non-hydrogen) atoms. The smallest absolute Gasteiger partial charge is 0.242 e. The third kappa shape index (κ3) is 5.08. The largest absolute Gasteiger partial charge is 0.328 e. The highest BCUT2D eigenvalue weighted by molar-refractivity contribution is 7.99. The molecule has 0 saturated heterocycles. The van der Waals surface area contributed by atoms with Crippen molar-refractivity contribution in [3.63, 3.8) is 0 Å². The van der Waals surface area contributed by atoms with E-state index in [4.69, 9.17) is 11.6 Å². The molecule has 2 unspecified atom stereocenters. The molecule has 0 heterocycles. The third-order valence-corrected chi connectivity index (χ3v) is 3.76. The van der Waals surface area contributed by atoms with E-state index in [2.05, 4.69) is 5.43 Å². The highest BCUT2D eigenvalue weighted by Gasteiger charge is 2.19. The molecular formula is C13H21N3OS. The number of hydrazine groups is 1. The fraction of sp³-hybridized carbons (Fsp3) is 0.462. The van der Waals surface area contributed by atoms with Crippen LogP contribution in [0, 0.1) is 0 Å². The van der Waals surface area contributed by atoms with Gasteiger partial charge in [-0.15, -0.1) is 0 Å². The van der Waals surface area contributed by atoms with Crippen LogP contribution in [0.2, 0.25) is 0 Å². The zero-order chi connectivity index (χ0) is 13.4. The number of amides is 1. The van der Waals surface area contributed by atoms with Gasteiger partial charge in [-0.2, -0.15) is 11.8 Å². The van der Waals surface area contributed by atoms with Crippen LogP contribution in [0.3, 0.4) is 0 Å². The van der Waals surface area contributed by atoms with Crippen LogP contribution in [0.5, 0.6) is 0 Å². The van der Waals surface area contributed by atoms with Crippen LogP contribution in [0.15, 0.2) is 30.3 Å². The summed E-state index contributed by atoms with van der Waals surface area (Å²) in [5.41, 5.74) is 8.92. The molecule has 5 heteroatoms. The molecule has 0 aromatic heterocycles. The van der Waals surface area contributed by atoms with E-state index in [9.17, 15) is 4.79 Å². The standard InChI is InChI=1S/C13H21N3OS/c1-10(14)7-8-18-9-12(13(17)16-15)11-5-3-2-4-6-11/h2-6,10,12H,7-9,14-15H2,1H3,(H,16,17). The first kappa shape index (κ1) is 15.0. The Bertz CT molecular complexity index is 357. The number of benzene rings is 1. The highest BCUT2D eigenvalue weighted by Crippen LogP contribution is 2.21. The first-order chi connectivity index (χ1) is 8.65. The zero-order valence-electron chi connectivity index (χ0n) is 10.6. The van der Waals surface area contributed by atoms with Gasteiger partial charge in [0.1, 0.15) is 0 Å². The first-order valence-corrected chi connectivity index (χ1v) is 7.19. The van der Waals surface area contributed by atoms with Gasteiger partial charge in [0.25, 0.3) is 0 Å². The van der Waals surface area contributed by atoms with Crippen molar-refractivity contribution in [3.8, 4) is 0 Å². The summed E-state index contributed by atoms with van der Waals surface area (Å²) in [7, 11) is 0. The van der Waals surface area contributed by atoms with Gasteiger partial charge in [-0.25, -0.2) is 5.84 Å².